The van der Waals surface area contributed by atoms with Gasteiger partial charge in [-0.15, -0.1) is 0 Å². The molecule has 0 unspecified atom stereocenters. The SMILES string of the molecule is CC[C@@H](C)NC(=O)[C@H](C)N(Cc1ccc(Cl)cc1Cl)C(=O)CCCN1c2cccc3cccc(c23)S1(=O)=O. The smallest absolute Gasteiger partial charge is 0.265 e. The summed E-state index contributed by atoms with van der Waals surface area (Å²) in [6.07, 6.45) is 1.10. The number of nitrogens with one attached hydrogen (secondary N) is 1. The molecule has 3 aromatic carbocycles. The van der Waals surface area contributed by atoms with Crippen LogP contribution in [0.2, 0.25) is 10.0 Å². The molecule has 0 bridgehead atoms. The van der Waals surface area contributed by atoms with Crippen LogP contribution in [0.25, 0.3) is 10.8 Å². The Kier molecular flexibility index (Phi) is 8.55. The number of rotatable bonds is 10. The number of amides is 2. The molecule has 202 valence electrons. The zero-order valence-corrected chi connectivity index (χ0v) is 23.9. The molecular weight excluding hydrogens is 545 g/mol. The Labute approximate surface area is 233 Å². The van der Waals surface area contributed by atoms with Gasteiger partial charge in [-0.3, -0.25) is 13.9 Å². The van der Waals surface area contributed by atoms with Gasteiger partial charge in [0.2, 0.25) is 11.8 Å². The van der Waals surface area contributed by atoms with Crippen molar-refractivity contribution in [1.29, 1.82) is 0 Å². The zero-order valence-electron chi connectivity index (χ0n) is 21.6. The van der Waals surface area contributed by atoms with E-state index >= 15 is 0 Å². The molecule has 4 rings (SSSR count). The second kappa shape index (κ2) is 11.5. The Bertz CT molecular complexity index is 1470. The minimum Gasteiger partial charge on any atom is -0.352 e. The molecule has 0 aromatic heterocycles. The summed E-state index contributed by atoms with van der Waals surface area (Å²) >= 11 is 12.4. The van der Waals surface area contributed by atoms with Gasteiger partial charge in [-0.2, -0.15) is 0 Å². The van der Waals surface area contributed by atoms with E-state index in [4.69, 9.17) is 23.2 Å². The predicted octanol–water partition coefficient (Wildman–Crippen LogP) is 5.77. The second-order valence-electron chi connectivity index (χ2n) is 9.56. The van der Waals surface area contributed by atoms with Gasteiger partial charge in [-0.25, -0.2) is 8.42 Å². The lowest BCUT2D eigenvalue weighted by Crippen LogP contribution is -2.49. The van der Waals surface area contributed by atoms with E-state index in [0.29, 0.717) is 26.7 Å². The van der Waals surface area contributed by atoms with Gasteiger partial charge in [0.15, 0.2) is 0 Å². The Morgan fingerprint density at radius 3 is 2.45 bits per heavy atom. The molecule has 2 amide bonds. The van der Waals surface area contributed by atoms with E-state index in [2.05, 4.69) is 5.32 Å². The first-order valence-electron chi connectivity index (χ1n) is 12.6. The van der Waals surface area contributed by atoms with Crippen molar-refractivity contribution in [2.45, 2.75) is 63.6 Å². The van der Waals surface area contributed by atoms with Gasteiger partial charge in [-0.05, 0) is 61.9 Å². The third-order valence-electron chi connectivity index (χ3n) is 6.96. The van der Waals surface area contributed by atoms with Crippen LogP contribution in [0.5, 0.6) is 0 Å². The van der Waals surface area contributed by atoms with Crippen molar-refractivity contribution in [3.63, 3.8) is 0 Å². The second-order valence-corrected chi connectivity index (χ2v) is 12.2. The Balaban J connectivity index is 1.51. The van der Waals surface area contributed by atoms with Crippen molar-refractivity contribution < 1.29 is 18.0 Å². The number of sulfonamides is 1. The van der Waals surface area contributed by atoms with E-state index in [0.717, 1.165) is 11.8 Å². The van der Waals surface area contributed by atoms with Crippen molar-refractivity contribution in [3.8, 4) is 0 Å². The molecule has 7 nitrogen and oxygen atoms in total. The zero-order chi connectivity index (χ0) is 27.6. The molecule has 1 aliphatic rings. The number of hydrogen-bond acceptors (Lipinski definition) is 4. The van der Waals surface area contributed by atoms with Crippen LogP contribution < -0.4 is 9.62 Å². The van der Waals surface area contributed by atoms with Gasteiger partial charge in [-0.1, -0.05) is 60.5 Å². The maximum absolute atomic E-state index is 13.5. The fourth-order valence-electron chi connectivity index (χ4n) is 4.60. The highest BCUT2D eigenvalue weighted by molar-refractivity contribution is 7.93. The largest absolute Gasteiger partial charge is 0.352 e. The van der Waals surface area contributed by atoms with Crippen LogP contribution >= 0.6 is 23.2 Å². The van der Waals surface area contributed by atoms with Crippen LogP contribution in [0.4, 0.5) is 5.69 Å². The van der Waals surface area contributed by atoms with Crippen molar-refractivity contribution in [2.24, 2.45) is 0 Å². The molecule has 10 heteroatoms. The minimum absolute atomic E-state index is 0.0364. The van der Waals surface area contributed by atoms with Crippen molar-refractivity contribution in [3.05, 3.63) is 70.2 Å². The molecule has 0 saturated carbocycles. The summed E-state index contributed by atoms with van der Waals surface area (Å²) in [6.45, 7) is 5.82. The third kappa shape index (κ3) is 5.63. The van der Waals surface area contributed by atoms with E-state index in [1.807, 2.05) is 32.0 Å². The fraction of sp³-hybridized carbons (Fsp3) is 0.357. The number of carbonyl (C=O) groups is 2. The number of carbonyl (C=O) groups excluding carboxylic acids is 2. The normalized spacial score (nSPS) is 15.3. The molecule has 1 heterocycles. The van der Waals surface area contributed by atoms with Crippen LogP contribution in [0.15, 0.2) is 59.5 Å². The first kappa shape index (κ1) is 28.2. The number of benzene rings is 3. The van der Waals surface area contributed by atoms with Crippen LogP contribution in [0.3, 0.4) is 0 Å². The Hall–Kier alpha value is -2.81. The average molecular weight is 577 g/mol. The molecule has 38 heavy (non-hydrogen) atoms. The maximum Gasteiger partial charge on any atom is 0.265 e. The van der Waals surface area contributed by atoms with E-state index in [1.54, 1.807) is 43.3 Å². The highest BCUT2D eigenvalue weighted by atomic mass is 35.5. The van der Waals surface area contributed by atoms with Crippen molar-refractivity contribution in [2.75, 3.05) is 10.8 Å². The molecule has 0 saturated heterocycles. The number of anilines is 1. The molecular formula is C28H31Cl2N3O4S. The van der Waals surface area contributed by atoms with Crippen molar-refractivity contribution >= 4 is 61.5 Å². The predicted molar refractivity (Wildman–Crippen MR) is 152 cm³/mol. The molecule has 2 atom stereocenters. The fourth-order valence-corrected chi connectivity index (χ4v) is 6.82. The van der Waals surface area contributed by atoms with E-state index in [1.165, 1.54) is 9.21 Å². The van der Waals surface area contributed by atoms with Crippen molar-refractivity contribution in [1.82, 2.24) is 10.2 Å². The molecule has 0 spiro atoms. The van der Waals surface area contributed by atoms with Gasteiger partial charge in [0.25, 0.3) is 10.0 Å². The van der Waals surface area contributed by atoms with Crippen LogP contribution in [-0.4, -0.2) is 43.8 Å². The summed E-state index contributed by atoms with van der Waals surface area (Å²) in [5.74, 6) is -0.530. The van der Waals surface area contributed by atoms with Gasteiger partial charge in [0, 0.05) is 41.0 Å². The highest BCUT2D eigenvalue weighted by Crippen LogP contribution is 2.42. The molecule has 3 aromatic rings. The molecule has 0 radical (unpaired) electrons. The monoisotopic (exact) mass is 575 g/mol. The number of hydrogen-bond donors (Lipinski definition) is 1. The number of nitrogens with zero attached hydrogens (tertiary/aromatic N) is 2. The average Bonchev–Trinajstić information content (AvgIpc) is 3.10. The van der Waals surface area contributed by atoms with Gasteiger partial charge >= 0.3 is 0 Å². The van der Waals surface area contributed by atoms with Gasteiger partial charge in [0.05, 0.1) is 10.6 Å². The standard InChI is InChI=1S/C28H31Cl2N3O4S/c1-4-18(2)31-28(35)19(3)32(17-21-13-14-22(29)16-23(21)30)26(34)12-7-15-33-24-10-5-8-20-9-6-11-25(27(20)24)38(33,36)37/h5-6,8-11,13-14,16,18-19H,4,7,12,15,17H2,1-3H3,(H,31,35)/t18-,19+/m1/s1. The van der Waals surface area contributed by atoms with E-state index in [-0.39, 0.29) is 48.7 Å². The summed E-state index contributed by atoms with van der Waals surface area (Å²) in [5, 5.41) is 5.37. The summed E-state index contributed by atoms with van der Waals surface area (Å²) in [6, 6.07) is 15.0. The molecule has 1 N–H and O–H groups in total. The lowest BCUT2D eigenvalue weighted by molar-refractivity contribution is -0.140. The van der Waals surface area contributed by atoms with E-state index < -0.39 is 16.1 Å². The van der Waals surface area contributed by atoms with Gasteiger partial charge < -0.3 is 10.2 Å². The van der Waals surface area contributed by atoms with Crippen LogP contribution in [0.1, 0.15) is 45.6 Å². The van der Waals surface area contributed by atoms with Gasteiger partial charge in [0.1, 0.15) is 6.04 Å². The topological polar surface area (TPSA) is 86.8 Å². The molecule has 0 fully saturated rings. The summed E-state index contributed by atoms with van der Waals surface area (Å²) in [5.41, 5.74) is 1.29. The quantitative estimate of drug-likeness (QED) is 0.332. The van der Waals surface area contributed by atoms with E-state index in [9.17, 15) is 18.0 Å². The lowest BCUT2D eigenvalue weighted by atomic mass is 10.1. The Morgan fingerprint density at radius 1 is 1.05 bits per heavy atom. The summed E-state index contributed by atoms with van der Waals surface area (Å²) in [7, 11) is -3.71. The third-order valence-corrected chi connectivity index (χ3v) is 9.40. The van der Waals surface area contributed by atoms with Crippen LogP contribution in [-0.2, 0) is 26.2 Å². The maximum atomic E-state index is 13.5. The highest BCUT2D eigenvalue weighted by Gasteiger charge is 2.35. The van der Waals surface area contributed by atoms with Crippen LogP contribution in [0, 0.1) is 0 Å². The number of halogens is 2. The summed E-state index contributed by atoms with van der Waals surface area (Å²) in [4.78, 5) is 28.2. The molecule has 1 aliphatic heterocycles. The minimum atomic E-state index is -3.71. The first-order valence-corrected chi connectivity index (χ1v) is 14.8. The summed E-state index contributed by atoms with van der Waals surface area (Å²) < 4.78 is 27.9. The molecule has 0 aliphatic carbocycles. The Morgan fingerprint density at radius 2 is 1.76 bits per heavy atom. The first-order chi connectivity index (χ1) is 18.0. The lowest BCUT2D eigenvalue weighted by Gasteiger charge is -2.30.